The lowest BCUT2D eigenvalue weighted by Crippen LogP contribution is -2.53. The van der Waals surface area contributed by atoms with Crippen LogP contribution in [0, 0.1) is 18.6 Å². The summed E-state index contributed by atoms with van der Waals surface area (Å²) >= 11 is 0. The summed E-state index contributed by atoms with van der Waals surface area (Å²) < 4.78 is 29.7. The van der Waals surface area contributed by atoms with Crippen LogP contribution in [0.4, 0.5) is 20.3 Å². The smallest absolute Gasteiger partial charge is 0.237 e. The number of imidazole rings is 1. The molecule has 0 saturated carbocycles. The number of anilines is 2. The van der Waals surface area contributed by atoms with Crippen molar-refractivity contribution in [2.45, 2.75) is 32.9 Å². The van der Waals surface area contributed by atoms with Crippen LogP contribution in [0.25, 0.3) is 11.3 Å². The number of aromatic nitrogens is 2. The first-order valence-electron chi connectivity index (χ1n) is 10.1. The third-order valence-corrected chi connectivity index (χ3v) is 5.76. The molecule has 2 aromatic carbocycles. The Morgan fingerprint density at radius 2 is 1.87 bits per heavy atom. The molecule has 3 aromatic rings. The van der Waals surface area contributed by atoms with E-state index in [0.717, 1.165) is 0 Å². The second kappa shape index (κ2) is 7.77. The molecule has 1 aromatic heterocycles. The van der Waals surface area contributed by atoms with Crippen molar-refractivity contribution in [1.29, 1.82) is 0 Å². The maximum Gasteiger partial charge on any atom is 0.237 e. The van der Waals surface area contributed by atoms with Gasteiger partial charge in [-0.05, 0) is 56.7 Å². The van der Waals surface area contributed by atoms with E-state index in [1.807, 2.05) is 24.5 Å². The predicted molar refractivity (Wildman–Crippen MR) is 116 cm³/mol. The number of benzene rings is 2. The van der Waals surface area contributed by atoms with Crippen LogP contribution >= 0.6 is 0 Å². The molecule has 0 fully saturated rings. The molecule has 6 nitrogen and oxygen atoms in total. The molecule has 162 valence electrons. The van der Waals surface area contributed by atoms with Crippen LogP contribution in [0.1, 0.15) is 25.2 Å². The molecule has 0 unspecified atom stereocenters. The summed E-state index contributed by atoms with van der Waals surface area (Å²) in [7, 11) is 0. The number of amides is 1. The van der Waals surface area contributed by atoms with Crippen molar-refractivity contribution in [3.8, 4) is 11.3 Å². The topological polar surface area (TPSA) is 76.2 Å². The Bertz CT molecular complexity index is 1140. The SMILES string of the molecule is Cc1ccc(-c2nc3n(c2Nc2ccc(F)cc2)CCN(C(=O)CN)C3(C)C)cc1F. The highest BCUT2D eigenvalue weighted by Crippen LogP contribution is 2.39. The second-order valence-corrected chi connectivity index (χ2v) is 8.19. The van der Waals surface area contributed by atoms with E-state index in [1.54, 1.807) is 30.0 Å². The summed E-state index contributed by atoms with van der Waals surface area (Å²) in [5.41, 5.74) is 7.30. The van der Waals surface area contributed by atoms with E-state index in [9.17, 15) is 13.6 Å². The molecule has 4 rings (SSSR count). The van der Waals surface area contributed by atoms with Crippen molar-refractivity contribution < 1.29 is 13.6 Å². The lowest BCUT2D eigenvalue weighted by Gasteiger charge is -2.42. The molecule has 1 aliphatic rings. The Hall–Kier alpha value is -3.26. The van der Waals surface area contributed by atoms with E-state index in [0.29, 0.717) is 47.2 Å². The lowest BCUT2D eigenvalue weighted by molar-refractivity contribution is -0.137. The summed E-state index contributed by atoms with van der Waals surface area (Å²) in [6.45, 7) is 6.41. The van der Waals surface area contributed by atoms with Crippen molar-refractivity contribution in [2.75, 3.05) is 18.4 Å². The number of hydrogen-bond donors (Lipinski definition) is 2. The number of hydrogen-bond acceptors (Lipinski definition) is 4. The fourth-order valence-electron chi connectivity index (χ4n) is 4.02. The Kier molecular flexibility index (Phi) is 5.26. The number of carbonyl (C=O) groups is 1. The quantitative estimate of drug-likeness (QED) is 0.664. The van der Waals surface area contributed by atoms with Crippen molar-refractivity contribution in [3.63, 3.8) is 0 Å². The highest BCUT2D eigenvalue weighted by Gasteiger charge is 2.41. The number of nitrogens with two attached hydrogens (primary N) is 1. The van der Waals surface area contributed by atoms with Gasteiger partial charge in [-0.2, -0.15) is 0 Å². The molecule has 0 atom stereocenters. The van der Waals surface area contributed by atoms with Gasteiger partial charge in [0.1, 0.15) is 29.0 Å². The molecule has 1 aliphatic heterocycles. The minimum absolute atomic E-state index is 0.0825. The number of halogens is 2. The van der Waals surface area contributed by atoms with E-state index in [2.05, 4.69) is 5.32 Å². The zero-order valence-corrected chi connectivity index (χ0v) is 17.7. The third-order valence-electron chi connectivity index (χ3n) is 5.76. The molecule has 0 bridgehead atoms. The number of rotatable bonds is 4. The Labute approximate surface area is 179 Å². The molecule has 0 saturated heterocycles. The Balaban J connectivity index is 1.88. The minimum atomic E-state index is -0.713. The molecule has 0 spiro atoms. The second-order valence-electron chi connectivity index (χ2n) is 8.19. The van der Waals surface area contributed by atoms with E-state index >= 15 is 0 Å². The van der Waals surface area contributed by atoms with Gasteiger partial charge in [0.25, 0.3) is 0 Å². The molecule has 0 radical (unpaired) electrons. The van der Waals surface area contributed by atoms with Crippen LogP contribution < -0.4 is 11.1 Å². The Morgan fingerprint density at radius 3 is 2.52 bits per heavy atom. The number of fused-ring (bicyclic) bond motifs is 1. The number of aryl methyl sites for hydroxylation is 1. The van der Waals surface area contributed by atoms with Crippen molar-refractivity contribution in [2.24, 2.45) is 5.73 Å². The highest BCUT2D eigenvalue weighted by atomic mass is 19.1. The standard InChI is InChI=1S/C23H25F2N5O/c1-14-4-5-15(12-18(14)25)20-21(27-17-8-6-16(24)7-9-17)29-10-11-30(19(31)13-26)23(2,3)22(29)28-20/h4-9,12,27H,10-11,13,26H2,1-3H3. The zero-order valence-electron chi connectivity index (χ0n) is 17.7. The summed E-state index contributed by atoms with van der Waals surface area (Å²) in [5.74, 6) is 0.517. The maximum atomic E-state index is 14.4. The van der Waals surface area contributed by atoms with E-state index < -0.39 is 5.54 Å². The van der Waals surface area contributed by atoms with Gasteiger partial charge in [0, 0.05) is 24.3 Å². The molecule has 1 amide bonds. The van der Waals surface area contributed by atoms with Crippen LogP contribution in [0.2, 0.25) is 0 Å². The van der Waals surface area contributed by atoms with Gasteiger partial charge in [-0.15, -0.1) is 0 Å². The summed E-state index contributed by atoms with van der Waals surface area (Å²) in [6.07, 6.45) is 0. The van der Waals surface area contributed by atoms with E-state index in [4.69, 9.17) is 10.7 Å². The average Bonchev–Trinajstić information content (AvgIpc) is 3.11. The van der Waals surface area contributed by atoms with Crippen molar-refractivity contribution >= 4 is 17.4 Å². The van der Waals surface area contributed by atoms with Gasteiger partial charge < -0.3 is 20.5 Å². The monoisotopic (exact) mass is 425 g/mol. The first-order valence-corrected chi connectivity index (χ1v) is 10.1. The van der Waals surface area contributed by atoms with Crippen LogP contribution in [0.5, 0.6) is 0 Å². The van der Waals surface area contributed by atoms with Gasteiger partial charge >= 0.3 is 0 Å². The van der Waals surface area contributed by atoms with Crippen molar-refractivity contribution in [1.82, 2.24) is 14.5 Å². The molecular weight excluding hydrogens is 400 g/mol. The summed E-state index contributed by atoms with van der Waals surface area (Å²) in [6, 6.07) is 11.0. The normalized spacial score (nSPS) is 15.0. The van der Waals surface area contributed by atoms with Gasteiger partial charge in [0.05, 0.1) is 12.1 Å². The first kappa shape index (κ1) is 21.0. The summed E-state index contributed by atoms with van der Waals surface area (Å²) in [5, 5.41) is 3.32. The zero-order chi connectivity index (χ0) is 22.3. The van der Waals surface area contributed by atoms with Crippen LogP contribution in [0.15, 0.2) is 42.5 Å². The largest absolute Gasteiger partial charge is 0.340 e. The van der Waals surface area contributed by atoms with E-state index in [1.165, 1.54) is 18.2 Å². The maximum absolute atomic E-state index is 14.4. The van der Waals surface area contributed by atoms with E-state index in [-0.39, 0.29) is 24.1 Å². The minimum Gasteiger partial charge on any atom is -0.340 e. The van der Waals surface area contributed by atoms with Gasteiger partial charge in [-0.3, -0.25) is 4.79 Å². The first-order chi connectivity index (χ1) is 14.7. The predicted octanol–water partition coefficient (Wildman–Crippen LogP) is 3.92. The van der Waals surface area contributed by atoms with Gasteiger partial charge in [-0.25, -0.2) is 13.8 Å². The fourth-order valence-corrected chi connectivity index (χ4v) is 4.02. The molecule has 3 N–H and O–H groups in total. The number of carbonyl (C=O) groups excluding carboxylic acids is 1. The average molecular weight is 425 g/mol. The molecule has 2 heterocycles. The van der Waals surface area contributed by atoms with Crippen LogP contribution in [-0.2, 0) is 16.9 Å². The highest BCUT2D eigenvalue weighted by molar-refractivity contribution is 5.80. The molecule has 31 heavy (non-hydrogen) atoms. The van der Waals surface area contributed by atoms with Gasteiger partial charge in [0.15, 0.2) is 0 Å². The van der Waals surface area contributed by atoms with Crippen LogP contribution in [0.3, 0.4) is 0 Å². The molecule has 8 heteroatoms. The van der Waals surface area contributed by atoms with Crippen molar-refractivity contribution in [3.05, 3.63) is 65.5 Å². The van der Waals surface area contributed by atoms with Crippen LogP contribution in [-0.4, -0.2) is 33.4 Å². The fraction of sp³-hybridized carbons (Fsp3) is 0.304. The number of nitrogens with one attached hydrogen (secondary N) is 1. The number of nitrogens with zero attached hydrogens (tertiary/aromatic N) is 3. The summed E-state index contributed by atoms with van der Waals surface area (Å²) in [4.78, 5) is 19.0. The molecule has 0 aliphatic carbocycles. The third kappa shape index (κ3) is 3.67. The Morgan fingerprint density at radius 1 is 1.16 bits per heavy atom. The lowest BCUT2D eigenvalue weighted by atomic mass is 9.99. The van der Waals surface area contributed by atoms with Gasteiger partial charge in [0.2, 0.25) is 5.91 Å². The van der Waals surface area contributed by atoms with Gasteiger partial charge in [-0.1, -0.05) is 12.1 Å². The molecular formula is C23H25F2N5O.